The number of carboxylic acids is 1. The zero-order chi connectivity index (χ0) is 12.8. The van der Waals surface area contributed by atoms with E-state index in [1.165, 1.54) is 0 Å². The Bertz CT molecular complexity index is 389. The molecule has 92 valence electrons. The van der Waals surface area contributed by atoms with Crippen LogP contribution in [-0.2, 0) is 4.79 Å². The van der Waals surface area contributed by atoms with Crippen LogP contribution in [0.4, 0.5) is 0 Å². The van der Waals surface area contributed by atoms with Gasteiger partial charge in [-0.2, -0.15) is 0 Å². The molecule has 0 saturated carbocycles. The quantitative estimate of drug-likeness (QED) is 0.783. The van der Waals surface area contributed by atoms with Crippen LogP contribution in [0, 0.1) is 5.92 Å². The molecule has 2 atom stereocenters. The van der Waals surface area contributed by atoms with Gasteiger partial charge in [-0.25, -0.2) is 0 Å². The number of allylic oxidation sites excluding steroid dienone is 2. The lowest BCUT2D eigenvalue weighted by Crippen LogP contribution is -2.19. The van der Waals surface area contributed by atoms with Crippen LogP contribution < -0.4 is 0 Å². The van der Waals surface area contributed by atoms with E-state index in [1.807, 2.05) is 57.2 Å². The molecule has 0 heterocycles. The lowest BCUT2D eigenvalue weighted by atomic mass is 9.85. The van der Waals surface area contributed by atoms with Crippen molar-refractivity contribution in [3.05, 3.63) is 47.5 Å². The fraction of sp³-hybridized carbons (Fsp3) is 0.400. The van der Waals surface area contributed by atoms with Crippen molar-refractivity contribution in [1.82, 2.24) is 0 Å². The average molecular weight is 232 g/mol. The molecule has 1 rings (SSSR count). The molecule has 1 aromatic carbocycles. The summed E-state index contributed by atoms with van der Waals surface area (Å²) in [7, 11) is 0. The predicted octanol–water partition coefficient (Wildman–Crippen LogP) is 3.85. The van der Waals surface area contributed by atoms with Crippen LogP contribution in [0.15, 0.2) is 42.0 Å². The normalized spacial score (nSPS) is 13.8. The first-order valence-corrected chi connectivity index (χ1v) is 5.93. The van der Waals surface area contributed by atoms with Crippen LogP contribution in [0.25, 0.3) is 0 Å². The number of carbonyl (C=O) groups is 1. The fourth-order valence-corrected chi connectivity index (χ4v) is 1.87. The highest BCUT2D eigenvalue weighted by Crippen LogP contribution is 2.27. The minimum absolute atomic E-state index is 0.0318. The van der Waals surface area contributed by atoms with Gasteiger partial charge < -0.3 is 5.11 Å². The third-order valence-electron chi connectivity index (χ3n) is 3.03. The van der Waals surface area contributed by atoms with Gasteiger partial charge in [0, 0.05) is 0 Å². The number of hydrogen-bond acceptors (Lipinski definition) is 1. The number of benzene rings is 1. The molecule has 0 aliphatic heterocycles. The maximum absolute atomic E-state index is 11.3. The molecular formula is C15H20O2. The van der Waals surface area contributed by atoms with E-state index in [-0.39, 0.29) is 11.8 Å². The van der Waals surface area contributed by atoms with Crippen molar-refractivity contribution in [2.45, 2.75) is 33.1 Å². The van der Waals surface area contributed by atoms with Crippen molar-refractivity contribution in [3.63, 3.8) is 0 Å². The Morgan fingerprint density at radius 2 is 1.88 bits per heavy atom. The summed E-state index contributed by atoms with van der Waals surface area (Å²) in [4.78, 5) is 11.3. The number of aliphatic carboxylic acids is 1. The van der Waals surface area contributed by atoms with E-state index in [1.54, 1.807) is 0 Å². The van der Waals surface area contributed by atoms with Gasteiger partial charge in [0.1, 0.15) is 0 Å². The van der Waals surface area contributed by atoms with Crippen LogP contribution >= 0.6 is 0 Å². The number of carboxylic acid groups (broad SMARTS) is 1. The highest BCUT2D eigenvalue weighted by Gasteiger charge is 2.24. The first kappa shape index (κ1) is 13.5. The van der Waals surface area contributed by atoms with Gasteiger partial charge in [0.2, 0.25) is 0 Å². The summed E-state index contributed by atoms with van der Waals surface area (Å²) in [5.41, 5.74) is 2.25. The number of rotatable bonds is 5. The van der Waals surface area contributed by atoms with Crippen LogP contribution in [0.3, 0.4) is 0 Å². The lowest BCUT2D eigenvalue weighted by molar-refractivity contribution is -0.142. The van der Waals surface area contributed by atoms with E-state index in [4.69, 9.17) is 0 Å². The second-order valence-electron chi connectivity index (χ2n) is 4.66. The van der Waals surface area contributed by atoms with Crippen molar-refractivity contribution in [2.24, 2.45) is 5.92 Å². The zero-order valence-electron chi connectivity index (χ0n) is 10.7. The summed E-state index contributed by atoms with van der Waals surface area (Å²) in [5.74, 6) is -1.05. The summed E-state index contributed by atoms with van der Waals surface area (Å²) in [6, 6.07) is 9.83. The highest BCUT2D eigenvalue weighted by molar-refractivity contribution is 5.71. The van der Waals surface area contributed by atoms with E-state index in [9.17, 15) is 9.90 Å². The molecule has 0 saturated heterocycles. The Kier molecular flexibility index (Phi) is 4.95. The summed E-state index contributed by atoms with van der Waals surface area (Å²) in [6.07, 6.45) is 2.59. The zero-order valence-corrected chi connectivity index (χ0v) is 10.7. The highest BCUT2D eigenvalue weighted by atomic mass is 16.4. The molecule has 0 bridgehead atoms. The Hall–Kier alpha value is -1.57. The molecule has 2 nitrogen and oxygen atoms in total. The number of hydrogen-bond donors (Lipinski definition) is 1. The molecule has 0 unspecified atom stereocenters. The van der Waals surface area contributed by atoms with Crippen LogP contribution in [0.5, 0.6) is 0 Å². The third-order valence-corrected chi connectivity index (χ3v) is 3.03. The second-order valence-corrected chi connectivity index (χ2v) is 4.66. The van der Waals surface area contributed by atoms with Gasteiger partial charge in [-0.1, -0.05) is 48.9 Å². The van der Waals surface area contributed by atoms with Crippen LogP contribution in [-0.4, -0.2) is 11.1 Å². The van der Waals surface area contributed by atoms with Crippen molar-refractivity contribution < 1.29 is 9.90 Å². The van der Waals surface area contributed by atoms with Crippen molar-refractivity contribution in [2.75, 3.05) is 0 Å². The first-order valence-electron chi connectivity index (χ1n) is 5.93. The Morgan fingerprint density at radius 1 is 1.29 bits per heavy atom. The molecule has 0 aliphatic carbocycles. The SMILES string of the molecule is CC(C)=CC[C@@H](C(=O)O)[C@H](C)c1ccccc1. The van der Waals surface area contributed by atoms with E-state index in [0.29, 0.717) is 6.42 Å². The molecular weight excluding hydrogens is 212 g/mol. The minimum Gasteiger partial charge on any atom is -0.481 e. The standard InChI is InChI=1S/C15H20O2/c1-11(2)9-10-14(15(16)17)12(3)13-7-5-4-6-8-13/h4-9,12,14H,10H2,1-3H3,(H,16,17)/t12-,14-/m1/s1. The van der Waals surface area contributed by atoms with E-state index in [2.05, 4.69) is 0 Å². The van der Waals surface area contributed by atoms with E-state index in [0.717, 1.165) is 11.1 Å². The van der Waals surface area contributed by atoms with Crippen LogP contribution in [0.2, 0.25) is 0 Å². The Morgan fingerprint density at radius 3 is 2.35 bits per heavy atom. The monoisotopic (exact) mass is 232 g/mol. The smallest absolute Gasteiger partial charge is 0.307 e. The molecule has 0 aliphatic rings. The van der Waals surface area contributed by atoms with Gasteiger partial charge in [-0.15, -0.1) is 0 Å². The topological polar surface area (TPSA) is 37.3 Å². The molecule has 1 N–H and O–H groups in total. The maximum atomic E-state index is 11.3. The molecule has 0 amide bonds. The van der Waals surface area contributed by atoms with E-state index < -0.39 is 5.97 Å². The van der Waals surface area contributed by atoms with E-state index >= 15 is 0 Å². The van der Waals surface area contributed by atoms with Gasteiger partial charge in [-0.05, 0) is 31.7 Å². The van der Waals surface area contributed by atoms with Gasteiger partial charge >= 0.3 is 5.97 Å². The molecule has 1 aromatic rings. The van der Waals surface area contributed by atoms with Gasteiger partial charge in [-0.3, -0.25) is 4.79 Å². The Balaban J connectivity index is 2.85. The molecule has 17 heavy (non-hydrogen) atoms. The molecule has 2 heteroatoms. The predicted molar refractivity (Wildman–Crippen MR) is 70.0 cm³/mol. The summed E-state index contributed by atoms with van der Waals surface area (Å²) in [6.45, 7) is 5.96. The minimum atomic E-state index is -0.723. The first-order chi connectivity index (χ1) is 8.02. The Labute approximate surface area is 103 Å². The van der Waals surface area contributed by atoms with Crippen molar-refractivity contribution in [3.8, 4) is 0 Å². The summed E-state index contributed by atoms with van der Waals surface area (Å²) < 4.78 is 0. The molecule has 0 fully saturated rings. The van der Waals surface area contributed by atoms with Crippen molar-refractivity contribution in [1.29, 1.82) is 0 Å². The van der Waals surface area contributed by atoms with Gasteiger partial charge in [0.25, 0.3) is 0 Å². The van der Waals surface area contributed by atoms with Gasteiger partial charge in [0.15, 0.2) is 0 Å². The third kappa shape index (κ3) is 4.06. The maximum Gasteiger partial charge on any atom is 0.307 e. The molecule has 0 aromatic heterocycles. The second kappa shape index (κ2) is 6.24. The fourth-order valence-electron chi connectivity index (χ4n) is 1.87. The average Bonchev–Trinajstić information content (AvgIpc) is 2.29. The van der Waals surface area contributed by atoms with Gasteiger partial charge in [0.05, 0.1) is 5.92 Å². The van der Waals surface area contributed by atoms with Crippen LogP contribution in [0.1, 0.15) is 38.7 Å². The lowest BCUT2D eigenvalue weighted by Gasteiger charge is -2.19. The largest absolute Gasteiger partial charge is 0.481 e. The van der Waals surface area contributed by atoms with Crippen molar-refractivity contribution >= 4 is 5.97 Å². The molecule has 0 spiro atoms. The molecule has 0 radical (unpaired) electrons. The summed E-state index contributed by atoms with van der Waals surface area (Å²) in [5, 5.41) is 9.29. The summed E-state index contributed by atoms with van der Waals surface area (Å²) >= 11 is 0.